The third-order valence-electron chi connectivity index (χ3n) is 5.02. The molecule has 0 aliphatic carbocycles. The largest absolute Gasteiger partial charge is 0.497 e. The molecule has 5 nitrogen and oxygen atoms in total. The highest BCUT2D eigenvalue weighted by Gasteiger charge is 2.28. The molecule has 0 aromatic heterocycles. The summed E-state index contributed by atoms with van der Waals surface area (Å²) < 4.78 is 5.30. The lowest BCUT2D eigenvalue weighted by molar-refractivity contribution is -0.110. The van der Waals surface area contributed by atoms with Crippen LogP contribution in [0.3, 0.4) is 0 Å². The molecule has 0 saturated carbocycles. The van der Waals surface area contributed by atoms with Crippen molar-refractivity contribution in [1.82, 2.24) is 4.90 Å². The van der Waals surface area contributed by atoms with Gasteiger partial charge in [0.25, 0.3) is 5.91 Å². The molecule has 5 heteroatoms. The van der Waals surface area contributed by atoms with Crippen LogP contribution in [0.4, 0.5) is 11.4 Å². The van der Waals surface area contributed by atoms with Gasteiger partial charge in [0.15, 0.2) is 0 Å². The molecule has 1 aliphatic rings. The Labute approximate surface area is 177 Å². The predicted molar refractivity (Wildman–Crippen MR) is 122 cm³/mol. The Kier molecular flexibility index (Phi) is 5.55. The maximum atomic E-state index is 12.9. The zero-order valence-electron chi connectivity index (χ0n) is 17.4. The highest BCUT2D eigenvalue weighted by Crippen LogP contribution is 2.37. The average molecular weight is 399 g/mol. The summed E-state index contributed by atoms with van der Waals surface area (Å²) >= 11 is 0. The van der Waals surface area contributed by atoms with Gasteiger partial charge in [-0.1, -0.05) is 30.3 Å². The van der Waals surface area contributed by atoms with Crippen LogP contribution in [-0.4, -0.2) is 32.0 Å². The molecule has 30 heavy (non-hydrogen) atoms. The fraction of sp³-hybridized carbons (Fsp3) is 0.160. The number of methoxy groups -OCH3 is 1. The second-order valence-electron chi connectivity index (χ2n) is 7.54. The molecule has 0 saturated heterocycles. The minimum absolute atomic E-state index is 0.112. The van der Waals surface area contributed by atoms with Crippen LogP contribution < -0.4 is 15.4 Å². The molecular formula is C25H25N3O2. The summed E-state index contributed by atoms with van der Waals surface area (Å²) in [4.78, 5) is 15.0. The van der Waals surface area contributed by atoms with Crippen LogP contribution in [0.5, 0.6) is 5.75 Å². The SMILES string of the molecule is COc1ccc(C(Nc2ccc(CN(C)C)cc2)=C2C(=O)Nc3ccccc32)cc1. The third kappa shape index (κ3) is 4.07. The first-order valence-electron chi connectivity index (χ1n) is 9.85. The zero-order valence-corrected chi connectivity index (χ0v) is 17.4. The number of fused-ring (bicyclic) bond motifs is 1. The quantitative estimate of drug-likeness (QED) is 0.591. The monoisotopic (exact) mass is 399 g/mol. The van der Waals surface area contributed by atoms with E-state index in [0.717, 1.165) is 40.5 Å². The van der Waals surface area contributed by atoms with E-state index >= 15 is 0 Å². The Morgan fingerprint density at radius 1 is 0.967 bits per heavy atom. The number of anilines is 2. The van der Waals surface area contributed by atoms with Gasteiger partial charge in [-0.2, -0.15) is 0 Å². The van der Waals surface area contributed by atoms with Gasteiger partial charge >= 0.3 is 0 Å². The van der Waals surface area contributed by atoms with E-state index < -0.39 is 0 Å². The van der Waals surface area contributed by atoms with Gasteiger partial charge in [0, 0.05) is 23.5 Å². The van der Waals surface area contributed by atoms with Gasteiger partial charge in [0.1, 0.15) is 5.75 Å². The fourth-order valence-corrected chi connectivity index (χ4v) is 3.61. The maximum absolute atomic E-state index is 12.9. The van der Waals surface area contributed by atoms with Crippen molar-refractivity contribution >= 4 is 28.6 Å². The summed E-state index contributed by atoms with van der Waals surface area (Å²) in [6.45, 7) is 0.877. The standard InChI is InChI=1S/C25H25N3O2/c1-28(2)16-17-8-12-19(13-9-17)26-24(18-10-14-20(30-3)15-11-18)23-21-6-4-5-7-22(21)27-25(23)29/h4-15,26H,16H2,1-3H3,(H,27,29). The van der Waals surface area contributed by atoms with Crippen molar-refractivity contribution in [2.24, 2.45) is 0 Å². The maximum Gasteiger partial charge on any atom is 0.258 e. The Morgan fingerprint density at radius 2 is 1.67 bits per heavy atom. The number of hydrogen-bond acceptors (Lipinski definition) is 4. The predicted octanol–water partition coefficient (Wildman–Crippen LogP) is 4.69. The lowest BCUT2D eigenvalue weighted by Gasteiger charge is -2.16. The molecule has 0 fully saturated rings. The Hall–Kier alpha value is -3.57. The van der Waals surface area contributed by atoms with Crippen LogP contribution in [0.15, 0.2) is 72.8 Å². The fourth-order valence-electron chi connectivity index (χ4n) is 3.61. The number of carbonyl (C=O) groups is 1. The van der Waals surface area contributed by atoms with Gasteiger partial charge in [-0.05, 0) is 67.7 Å². The van der Waals surface area contributed by atoms with E-state index in [9.17, 15) is 4.79 Å². The van der Waals surface area contributed by atoms with Crippen LogP contribution in [0, 0.1) is 0 Å². The van der Waals surface area contributed by atoms with Crippen molar-refractivity contribution in [3.63, 3.8) is 0 Å². The first-order valence-corrected chi connectivity index (χ1v) is 9.85. The molecule has 0 unspecified atom stereocenters. The summed E-state index contributed by atoms with van der Waals surface area (Å²) in [6, 6.07) is 23.8. The van der Waals surface area contributed by atoms with E-state index in [-0.39, 0.29) is 5.91 Å². The first kappa shape index (κ1) is 19.7. The molecule has 1 aliphatic heterocycles. The zero-order chi connectivity index (χ0) is 21.1. The van der Waals surface area contributed by atoms with Crippen molar-refractivity contribution in [2.45, 2.75) is 6.54 Å². The van der Waals surface area contributed by atoms with E-state index in [1.54, 1.807) is 7.11 Å². The second-order valence-corrected chi connectivity index (χ2v) is 7.54. The van der Waals surface area contributed by atoms with E-state index in [4.69, 9.17) is 4.74 Å². The lowest BCUT2D eigenvalue weighted by atomic mass is 10.00. The summed E-state index contributed by atoms with van der Waals surface area (Å²) in [5, 5.41) is 6.46. The van der Waals surface area contributed by atoms with E-state index in [2.05, 4.69) is 41.8 Å². The van der Waals surface area contributed by atoms with Gasteiger partial charge in [-0.3, -0.25) is 4.79 Å². The number of ether oxygens (including phenoxy) is 1. The van der Waals surface area contributed by atoms with Gasteiger partial charge < -0.3 is 20.3 Å². The minimum Gasteiger partial charge on any atom is -0.497 e. The number of nitrogens with zero attached hydrogens (tertiary/aromatic N) is 1. The molecule has 1 amide bonds. The van der Waals surface area contributed by atoms with Crippen LogP contribution in [0.1, 0.15) is 16.7 Å². The van der Waals surface area contributed by atoms with Crippen LogP contribution in [0.2, 0.25) is 0 Å². The van der Waals surface area contributed by atoms with Crippen molar-refractivity contribution in [3.8, 4) is 5.75 Å². The minimum atomic E-state index is -0.112. The number of benzene rings is 3. The number of rotatable bonds is 6. The highest BCUT2D eigenvalue weighted by atomic mass is 16.5. The number of para-hydroxylation sites is 1. The molecule has 2 N–H and O–H groups in total. The van der Waals surface area contributed by atoms with Gasteiger partial charge in [0.2, 0.25) is 0 Å². The first-order chi connectivity index (χ1) is 14.5. The van der Waals surface area contributed by atoms with Gasteiger partial charge in [-0.15, -0.1) is 0 Å². The smallest absolute Gasteiger partial charge is 0.258 e. The number of carbonyl (C=O) groups excluding carboxylic acids is 1. The Balaban J connectivity index is 1.78. The lowest BCUT2D eigenvalue weighted by Crippen LogP contribution is -2.11. The van der Waals surface area contributed by atoms with Crippen molar-refractivity contribution in [2.75, 3.05) is 31.8 Å². The van der Waals surface area contributed by atoms with Crippen LogP contribution in [0.25, 0.3) is 11.3 Å². The molecule has 4 rings (SSSR count). The molecular weight excluding hydrogens is 374 g/mol. The van der Waals surface area contributed by atoms with Crippen molar-refractivity contribution < 1.29 is 9.53 Å². The van der Waals surface area contributed by atoms with Crippen LogP contribution in [-0.2, 0) is 11.3 Å². The normalized spacial score (nSPS) is 14.3. The highest BCUT2D eigenvalue weighted by molar-refractivity contribution is 6.37. The molecule has 3 aromatic rings. The van der Waals surface area contributed by atoms with E-state index in [1.165, 1.54) is 5.56 Å². The van der Waals surface area contributed by atoms with Crippen molar-refractivity contribution in [3.05, 3.63) is 89.5 Å². The summed E-state index contributed by atoms with van der Waals surface area (Å²) in [6.07, 6.45) is 0. The summed E-state index contributed by atoms with van der Waals surface area (Å²) in [5.74, 6) is 0.658. The molecule has 152 valence electrons. The molecule has 0 bridgehead atoms. The third-order valence-corrected chi connectivity index (χ3v) is 5.02. The topological polar surface area (TPSA) is 53.6 Å². The van der Waals surface area contributed by atoms with Gasteiger partial charge in [-0.25, -0.2) is 0 Å². The molecule has 0 spiro atoms. The molecule has 1 heterocycles. The number of amides is 1. The van der Waals surface area contributed by atoms with Gasteiger partial charge in [0.05, 0.1) is 18.4 Å². The van der Waals surface area contributed by atoms with E-state index in [0.29, 0.717) is 5.57 Å². The molecule has 0 atom stereocenters. The average Bonchev–Trinajstić information content (AvgIpc) is 3.08. The Morgan fingerprint density at radius 3 is 2.33 bits per heavy atom. The molecule has 3 aromatic carbocycles. The van der Waals surface area contributed by atoms with Crippen molar-refractivity contribution in [1.29, 1.82) is 0 Å². The Bertz CT molecular complexity index is 1080. The number of hydrogen-bond donors (Lipinski definition) is 2. The number of nitrogens with one attached hydrogen (secondary N) is 2. The second kappa shape index (κ2) is 8.43. The molecule has 0 radical (unpaired) electrons. The summed E-state index contributed by atoms with van der Waals surface area (Å²) in [5.41, 5.74) is 6.18. The van der Waals surface area contributed by atoms with E-state index in [1.807, 2.05) is 60.7 Å². The van der Waals surface area contributed by atoms with Crippen LogP contribution >= 0.6 is 0 Å². The summed E-state index contributed by atoms with van der Waals surface area (Å²) in [7, 11) is 5.74.